The average molecular weight is 193 g/mol. The van der Waals surface area contributed by atoms with Gasteiger partial charge in [-0.3, -0.25) is 0 Å². The molecule has 13 heavy (non-hydrogen) atoms. The maximum Gasteiger partial charge on any atom is 0.124 e. The van der Waals surface area contributed by atoms with Crippen molar-refractivity contribution < 1.29 is 5.11 Å². The molecule has 68 valence electrons. The summed E-state index contributed by atoms with van der Waals surface area (Å²) in [6, 6.07) is 5.59. The van der Waals surface area contributed by atoms with Crippen LogP contribution in [0.4, 0.5) is 0 Å². The zero-order valence-electron chi connectivity index (χ0n) is 7.16. The summed E-state index contributed by atoms with van der Waals surface area (Å²) in [6.07, 6.45) is 0.831. The predicted molar refractivity (Wildman–Crippen MR) is 56.2 cm³/mol. The summed E-state index contributed by atoms with van der Waals surface area (Å²) < 4.78 is 1.13. The molecule has 2 nitrogen and oxygen atoms in total. The Kier molecular flexibility index (Phi) is 2.20. The highest BCUT2D eigenvalue weighted by Gasteiger charge is 2.06. The number of phenols is 1. The number of benzene rings is 1. The molecule has 1 aromatic heterocycles. The van der Waals surface area contributed by atoms with Crippen molar-refractivity contribution in [2.75, 3.05) is 6.54 Å². The van der Waals surface area contributed by atoms with Crippen molar-refractivity contribution in [3.05, 3.63) is 29.1 Å². The molecule has 0 aliphatic carbocycles. The second-order valence-electron chi connectivity index (χ2n) is 2.95. The van der Waals surface area contributed by atoms with E-state index in [0.717, 1.165) is 22.1 Å². The number of fused-ring (bicyclic) bond motifs is 1. The number of aromatic hydroxyl groups is 1. The second kappa shape index (κ2) is 3.36. The summed E-state index contributed by atoms with van der Waals surface area (Å²) in [7, 11) is 0. The Morgan fingerprint density at radius 2 is 2.23 bits per heavy atom. The third-order valence-electron chi connectivity index (χ3n) is 2.07. The molecule has 0 amide bonds. The average Bonchev–Trinajstić information content (AvgIpc) is 2.51. The molecule has 2 aromatic rings. The van der Waals surface area contributed by atoms with Crippen LogP contribution in [0, 0.1) is 0 Å². The summed E-state index contributed by atoms with van der Waals surface area (Å²) in [5, 5.41) is 12.7. The van der Waals surface area contributed by atoms with Crippen molar-refractivity contribution in [3.63, 3.8) is 0 Å². The van der Waals surface area contributed by atoms with Gasteiger partial charge in [0.05, 0.1) is 0 Å². The Morgan fingerprint density at radius 3 is 3.00 bits per heavy atom. The number of hydrogen-bond donors (Lipinski definition) is 2. The lowest BCUT2D eigenvalue weighted by atomic mass is 10.1. The lowest BCUT2D eigenvalue weighted by molar-refractivity contribution is 0.481. The monoisotopic (exact) mass is 193 g/mol. The zero-order valence-corrected chi connectivity index (χ0v) is 7.97. The van der Waals surface area contributed by atoms with E-state index >= 15 is 0 Å². The molecular formula is C10H11NOS. The molecule has 0 aliphatic heterocycles. The normalized spacial score (nSPS) is 10.8. The molecule has 2 rings (SSSR count). The molecule has 0 fully saturated rings. The van der Waals surface area contributed by atoms with Gasteiger partial charge in [-0.05, 0) is 36.0 Å². The first-order valence-electron chi connectivity index (χ1n) is 4.21. The number of nitrogens with two attached hydrogens (primary N) is 1. The van der Waals surface area contributed by atoms with Crippen LogP contribution in [0.5, 0.6) is 5.75 Å². The van der Waals surface area contributed by atoms with Crippen LogP contribution in [0.2, 0.25) is 0 Å². The topological polar surface area (TPSA) is 46.2 Å². The van der Waals surface area contributed by atoms with Gasteiger partial charge in [0.15, 0.2) is 0 Å². The van der Waals surface area contributed by atoms with Crippen molar-refractivity contribution in [1.29, 1.82) is 0 Å². The van der Waals surface area contributed by atoms with Crippen molar-refractivity contribution in [1.82, 2.24) is 0 Å². The van der Waals surface area contributed by atoms with E-state index in [1.54, 1.807) is 17.4 Å². The van der Waals surface area contributed by atoms with Crippen LogP contribution in [0.25, 0.3) is 10.1 Å². The zero-order chi connectivity index (χ0) is 9.26. The molecular weight excluding hydrogens is 182 g/mol. The van der Waals surface area contributed by atoms with Crippen LogP contribution in [-0.2, 0) is 6.42 Å². The minimum atomic E-state index is 0.363. The van der Waals surface area contributed by atoms with Gasteiger partial charge in [0.25, 0.3) is 0 Å². The van der Waals surface area contributed by atoms with Gasteiger partial charge in [0, 0.05) is 10.1 Å². The van der Waals surface area contributed by atoms with Gasteiger partial charge in [-0.2, -0.15) is 0 Å². The molecule has 3 heteroatoms. The van der Waals surface area contributed by atoms with Crippen molar-refractivity contribution in [3.8, 4) is 5.75 Å². The third kappa shape index (κ3) is 1.41. The fourth-order valence-electron chi connectivity index (χ4n) is 1.47. The SMILES string of the molecule is NCCc1csc2cccc(O)c12. The van der Waals surface area contributed by atoms with Gasteiger partial charge in [-0.15, -0.1) is 11.3 Å². The maximum absolute atomic E-state index is 9.63. The Bertz CT molecular complexity index is 422. The molecule has 0 spiro atoms. The molecule has 0 aliphatic rings. The van der Waals surface area contributed by atoms with Crippen molar-refractivity contribution in [2.24, 2.45) is 5.73 Å². The molecule has 0 bridgehead atoms. The first-order chi connectivity index (χ1) is 6.33. The number of hydrogen-bond acceptors (Lipinski definition) is 3. The summed E-state index contributed by atoms with van der Waals surface area (Å²) >= 11 is 1.65. The Morgan fingerprint density at radius 1 is 1.38 bits per heavy atom. The van der Waals surface area contributed by atoms with Crippen molar-refractivity contribution in [2.45, 2.75) is 6.42 Å². The van der Waals surface area contributed by atoms with E-state index in [1.165, 1.54) is 0 Å². The van der Waals surface area contributed by atoms with Crippen LogP contribution < -0.4 is 5.73 Å². The molecule has 0 saturated heterocycles. The van der Waals surface area contributed by atoms with Crippen LogP contribution in [0.1, 0.15) is 5.56 Å². The number of phenolic OH excluding ortho intramolecular Hbond substituents is 1. The van der Waals surface area contributed by atoms with Crippen molar-refractivity contribution >= 4 is 21.4 Å². The second-order valence-corrected chi connectivity index (χ2v) is 3.86. The lowest BCUT2D eigenvalue weighted by Gasteiger charge is -1.98. The van der Waals surface area contributed by atoms with Gasteiger partial charge in [-0.1, -0.05) is 6.07 Å². The van der Waals surface area contributed by atoms with E-state index in [4.69, 9.17) is 5.73 Å². The van der Waals surface area contributed by atoms with Gasteiger partial charge in [-0.25, -0.2) is 0 Å². The summed E-state index contributed by atoms with van der Waals surface area (Å²) in [5.74, 6) is 0.363. The Labute approximate surface area is 80.6 Å². The smallest absolute Gasteiger partial charge is 0.124 e. The van der Waals surface area contributed by atoms with Gasteiger partial charge < -0.3 is 10.8 Å². The molecule has 1 aromatic carbocycles. The molecule has 0 unspecified atom stereocenters. The first-order valence-corrected chi connectivity index (χ1v) is 5.09. The largest absolute Gasteiger partial charge is 0.507 e. The fourth-order valence-corrected chi connectivity index (χ4v) is 2.49. The molecule has 0 atom stereocenters. The standard InChI is InChI=1S/C10H11NOS/c11-5-4-7-6-13-9-3-1-2-8(12)10(7)9/h1-3,6,12H,4-5,11H2. The van der Waals surface area contributed by atoms with Gasteiger partial charge >= 0.3 is 0 Å². The van der Waals surface area contributed by atoms with Gasteiger partial charge in [0.1, 0.15) is 5.75 Å². The quantitative estimate of drug-likeness (QED) is 0.767. The minimum Gasteiger partial charge on any atom is -0.507 e. The number of rotatable bonds is 2. The van der Waals surface area contributed by atoms with E-state index in [2.05, 4.69) is 5.38 Å². The summed E-state index contributed by atoms with van der Waals surface area (Å²) in [4.78, 5) is 0. The third-order valence-corrected chi connectivity index (χ3v) is 3.06. The minimum absolute atomic E-state index is 0.363. The molecule has 3 N–H and O–H groups in total. The first kappa shape index (κ1) is 8.53. The van der Waals surface area contributed by atoms with E-state index in [0.29, 0.717) is 12.3 Å². The van der Waals surface area contributed by atoms with Crippen LogP contribution in [0.3, 0.4) is 0 Å². The van der Waals surface area contributed by atoms with E-state index in [9.17, 15) is 5.11 Å². The molecule has 0 radical (unpaired) electrons. The molecule has 1 heterocycles. The Balaban J connectivity index is 2.64. The summed E-state index contributed by atoms with van der Waals surface area (Å²) in [5.41, 5.74) is 6.64. The number of thiophene rings is 1. The van der Waals surface area contributed by atoms with E-state index < -0.39 is 0 Å². The van der Waals surface area contributed by atoms with Crippen LogP contribution in [-0.4, -0.2) is 11.7 Å². The van der Waals surface area contributed by atoms with Gasteiger partial charge in [0.2, 0.25) is 0 Å². The maximum atomic E-state index is 9.63. The lowest BCUT2D eigenvalue weighted by Crippen LogP contribution is -2.01. The highest BCUT2D eigenvalue weighted by molar-refractivity contribution is 7.17. The predicted octanol–water partition coefficient (Wildman–Crippen LogP) is 2.11. The Hall–Kier alpha value is -1.06. The van der Waals surface area contributed by atoms with E-state index in [1.807, 2.05) is 12.1 Å². The highest BCUT2D eigenvalue weighted by atomic mass is 32.1. The summed E-state index contributed by atoms with van der Waals surface area (Å²) in [6.45, 7) is 0.625. The van der Waals surface area contributed by atoms with Crippen LogP contribution in [0.15, 0.2) is 23.6 Å². The fraction of sp³-hybridized carbons (Fsp3) is 0.200. The van der Waals surface area contributed by atoms with Crippen LogP contribution >= 0.6 is 11.3 Å². The highest BCUT2D eigenvalue weighted by Crippen LogP contribution is 2.32. The molecule has 0 saturated carbocycles. The van der Waals surface area contributed by atoms with E-state index in [-0.39, 0.29) is 0 Å².